The first-order chi connectivity index (χ1) is 32.5. The standard InChI is InChI=1S/C60H100O6/c1-4-7-10-13-16-19-22-25-28-29-30-31-33-35-38-41-44-47-50-53-59(62)65-56-57(55-64-58(61)52-49-46-43-40-37-34-27-24-21-18-15-12-9-6-3)66-60(63)54-51-48-45-42-39-36-32-26-23-20-17-14-11-8-5-2/h8-9,11-12,14,17-18,20-21,23,26-27,29-30,32,34,57H,4-7,10,13,15-16,19,22,24-25,28,31,33,35-56H2,1-3H3/b11-8-,12-9-,17-14-,21-18-,23-20-,30-29-,32-26-,34-27-. The third-order valence-corrected chi connectivity index (χ3v) is 11.4. The second kappa shape index (κ2) is 53.9. The Morgan fingerprint density at radius 1 is 0.333 bits per heavy atom. The van der Waals surface area contributed by atoms with Gasteiger partial charge in [-0.05, 0) is 96.3 Å². The van der Waals surface area contributed by atoms with Gasteiger partial charge in [0.15, 0.2) is 6.10 Å². The van der Waals surface area contributed by atoms with Crippen LogP contribution in [0.25, 0.3) is 0 Å². The molecule has 0 aliphatic heterocycles. The summed E-state index contributed by atoms with van der Waals surface area (Å²) in [5.74, 6) is -0.948. The highest BCUT2D eigenvalue weighted by molar-refractivity contribution is 5.71. The number of carbonyl (C=O) groups excluding carboxylic acids is 3. The molecule has 0 fully saturated rings. The van der Waals surface area contributed by atoms with E-state index in [1.54, 1.807) is 0 Å². The molecule has 0 aromatic heterocycles. The Kier molecular flexibility index (Phi) is 50.9. The van der Waals surface area contributed by atoms with Gasteiger partial charge in [0.05, 0.1) is 0 Å². The molecule has 0 aromatic carbocycles. The van der Waals surface area contributed by atoms with Crippen LogP contribution in [0.1, 0.15) is 245 Å². The number of hydrogen-bond donors (Lipinski definition) is 0. The smallest absolute Gasteiger partial charge is 0.306 e. The summed E-state index contributed by atoms with van der Waals surface area (Å²) in [5.41, 5.74) is 0. The third kappa shape index (κ3) is 51.3. The van der Waals surface area contributed by atoms with Crippen molar-refractivity contribution in [3.63, 3.8) is 0 Å². The number of esters is 3. The Hall–Kier alpha value is -3.67. The lowest BCUT2D eigenvalue weighted by Crippen LogP contribution is -2.30. The molecule has 0 aliphatic carbocycles. The maximum absolute atomic E-state index is 12.8. The lowest BCUT2D eigenvalue weighted by molar-refractivity contribution is -0.167. The SMILES string of the molecule is CC\C=C/C=C\C=C/C=C\CCCCCCCC(=O)OC(COC(=O)CCCCCC/C=C\C/C=C\C/C=C\CC)COC(=O)CCCCCCCCC/C=C\CCCCCCCCCC. The van der Waals surface area contributed by atoms with E-state index in [-0.39, 0.29) is 31.1 Å². The van der Waals surface area contributed by atoms with E-state index in [0.717, 1.165) is 116 Å². The van der Waals surface area contributed by atoms with Crippen LogP contribution in [-0.4, -0.2) is 37.2 Å². The molecule has 0 amide bonds. The van der Waals surface area contributed by atoms with Gasteiger partial charge in [-0.1, -0.05) is 227 Å². The fraction of sp³-hybridized carbons (Fsp3) is 0.683. The molecule has 66 heavy (non-hydrogen) atoms. The van der Waals surface area contributed by atoms with Crippen molar-refractivity contribution in [3.05, 3.63) is 97.2 Å². The monoisotopic (exact) mass is 917 g/mol. The van der Waals surface area contributed by atoms with E-state index in [2.05, 4.69) is 99.8 Å². The van der Waals surface area contributed by atoms with E-state index in [1.807, 2.05) is 18.2 Å². The van der Waals surface area contributed by atoms with E-state index >= 15 is 0 Å². The third-order valence-electron chi connectivity index (χ3n) is 11.4. The van der Waals surface area contributed by atoms with Crippen molar-refractivity contribution in [2.45, 2.75) is 252 Å². The molecule has 0 rings (SSSR count). The first kappa shape index (κ1) is 62.3. The van der Waals surface area contributed by atoms with Crippen LogP contribution in [0, 0.1) is 0 Å². The van der Waals surface area contributed by atoms with Crippen molar-refractivity contribution in [2.24, 2.45) is 0 Å². The minimum absolute atomic E-state index is 0.0977. The molecular weight excluding hydrogens is 817 g/mol. The van der Waals surface area contributed by atoms with Gasteiger partial charge in [0.1, 0.15) is 13.2 Å². The average molecular weight is 917 g/mol. The van der Waals surface area contributed by atoms with Crippen LogP contribution in [0.15, 0.2) is 97.2 Å². The fourth-order valence-corrected chi connectivity index (χ4v) is 7.34. The maximum Gasteiger partial charge on any atom is 0.306 e. The van der Waals surface area contributed by atoms with Crippen molar-refractivity contribution in [3.8, 4) is 0 Å². The van der Waals surface area contributed by atoms with Gasteiger partial charge in [0.2, 0.25) is 0 Å². The molecule has 376 valence electrons. The zero-order valence-electron chi connectivity index (χ0n) is 42.9. The summed E-state index contributed by atoms with van der Waals surface area (Å²) < 4.78 is 16.8. The van der Waals surface area contributed by atoms with Gasteiger partial charge in [-0.2, -0.15) is 0 Å². The van der Waals surface area contributed by atoms with E-state index in [4.69, 9.17) is 14.2 Å². The molecular formula is C60H100O6. The zero-order valence-corrected chi connectivity index (χ0v) is 42.9. The van der Waals surface area contributed by atoms with Crippen LogP contribution in [0.2, 0.25) is 0 Å². The highest BCUT2D eigenvalue weighted by Crippen LogP contribution is 2.14. The largest absolute Gasteiger partial charge is 0.462 e. The van der Waals surface area contributed by atoms with Crippen molar-refractivity contribution in [2.75, 3.05) is 13.2 Å². The fourth-order valence-electron chi connectivity index (χ4n) is 7.34. The second-order valence-electron chi connectivity index (χ2n) is 17.8. The topological polar surface area (TPSA) is 78.9 Å². The Morgan fingerprint density at radius 2 is 0.667 bits per heavy atom. The number of allylic oxidation sites excluding steroid dienone is 16. The number of carbonyl (C=O) groups is 3. The Bertz CT molecular complexity index is 1330. The Balaban J connectivity index is 4.44. The van der Waals surface area contributed by atoms with Gasteiger partial charge in [-0.3, -0.25) is 14.4 Å². The number of rotatable bonds is 48. The summed E-state index contributed by atoms with van der Waals surface area (Å²) in [6.45, 7) is 6.35. The summed E-state index contributed by atoms with van der Waals surface area (Å²) in [6, 6.07) is 0. The molecule has 0 saturated carbocycles. The number of hydrogen-bond acceptors (Lipinski definition) is 6. The maximum atomic E-state index is 12.8. The van der Waals surface area contributed by atoms with Crippen molar-refractivity contribution < 1.29 is 28.6 Å². The quantitative estimate of drug-likeness (QED) is 0.0199. The average Bonchev–Trinajstić information content (AvgIpc) is 3.31. The summed E-state index contributed by atoms with van der Waals surface area (Å²) in [6.07, 6.45) is 71.1. The van der Waals surface area contributed by atoms with E-state index in [1.165, 1.54) is 89.9 Å². The summed E-state index contributed by atoms with van der Waals surface area (Å²) in [5, 5.41) is 0. The van der Waals surface area contributed by atoms with Crippen LogP contribution >= 0.6 is 0 Å². The number of unbranched alkanes of at least 4 members (excludes halogenated alkanes) is 24. The van der Waals surface area contributed by atoms with Crippen molar-refractivity contribution in [1.29, 1.82) is 0 Å². The molecule has 6 nitrogen and oxygen atoms in total. The summed E-state index contributed by atoms with van der Waals surface area (Å²) in [4.78, 5) is 38.1. The first-order valence-corrected chi connectivity index (χ1v) is 27.3. The minimum atomic E-state index is -0.802. The Morgan fingerprint density at radius 3 is 1.12 bits per heavy atom. The van der Waals surface area contributed by atoms with Gasteiger partial charge in [-0.25, -0.2) is 0 Å². The molecule has 0 bridgehead atoms. The van der Waals surface area contributed by atoms with Crippen LogP contribution in [0.3, 0.4) is 0 Å². The number of ether oxygens (including phenoxy) is 3. The molecule has 1 atom stereocenters. The molecule has 0 N–H and O–H groups in total. The summed E-state index contributed by atoms with van der Waals surface area (Å²) >= 11 is 0. The van der Waals surface area contributed by atoms with Crippen LogP contribution < -0.4 is 0 Å². The van der Waals surface area contributed by atoms with Gasteiger partial charge >= 0.3 is 17.9 Å². The zero-order chi connectivity index (χ0) is 47.9. The van der Waals surface area contributed by atoms with Gasteiger partial charge in [0.25, 0.3) is 0 Å². The van der Waals surface area contributed by atoms with E-state index in [0.29, 0.717) is 19.3 Å². The van der Waals surface area contributed by atoms with E-state index < -0.39 is 6.10 Å². The molecule has 6 heteroatoms. The van der Waals surface area contributed by atoms with Crippen molar-refractivity contribution in [1.82, 2.24) is 0 Å². The van der Waals surface area contributed by atoms with Gasteiger partial charge < -0.3 is 14.2 Å². The molecule has 0 aromatic rings. The highest BCUT2D eigenvalue weighted by atomic mass is 16.6. The minimum Gasteiger partial charge on any atom is -0.462 e. The molecule has 0 heterocycles. The molecule has 1 unspecified atom stereocenters. The second-order valence-corrected chi connectivity index (χ2v) is 17.8. The predicted octanol–water partition coefficient (Wildman–Crippen LogP) is 18.1. The molecule has 0 spiro atoms. The molecule has 0 aliphatic rings. The van der Waals surface area contributed by atoms with Gasteiger partial charge in [-0.15, -0.1) is 0 Å². The lowest BCUT2D eigenvalue weighted by atomic mass is 10.1. The predicted molar refractivity (Wildman–Crippen MR) is 284 cm³/mol. The van der Waals surface area contributed by atoms with E-state index in [9.17, 15) is 14.4 Å². The molecule has 0 radical (unpaired) electrons. The van der Waals surface area contributed by atoms with Crippen molar-refractivity contribution >= 4 is 17.9 Å². The van der Waals surface area contributed by atoms with Crippen LogP contribution in [0.4, 0.5) is 0 Å². The highest BCUT2D eigenvalue weighted by Gasteiger charge is 2.19. The Labute approximate surface area is 407 Å². The van der Waals surface area contributed by atoms with Crippen LogP contribution in [-0.2, 0) is 28.6 Å². The van der Waals surface area contributed by atoms with Crippen LogP contribution in [0.5, 0.6) is 0 Å². The normalized spacial score (nSPS) is 12.8. The summed E-state index contributed by atoms with van der Waals surface area (Å²) in [7, 11) is 0. The first-order valence-electron chi connectivity index (χ1n) is 27.3. The lowest BCUT2D eigenvalue weighted by Gasteiger charge is -2.18. The van der Waals surface area contributed by atoms with Gasteiger partial charge in [0, 0.05) is 19.3 Å². The molecule has 0 saturated heterocycles.